The van der Waals surface area contributed by atoms with Gasteiger partial charge in [0.1, 0.15) is 5.78 Å². The third-order valence-corrected chi connectivity index (χ3v) is 5.59. The summed E-state index contributed by atoms with van der Waals surface area (Å²) in [6.45, 7) is 4.62. The number of hydrogen-bond donors (Lipinski definition) is 2. The van der Waals surface area contributed by atoms with Gasteiger partial charge >= 0.3 is 0 Å². The Balaban J connectivity index is 3.28. The third kappa shape index (κ3) is 18.5. The van der Waals surface area contributed by atoms with Gasteiger partial charge in [0.2, 0.25) is 5.91 Å². The molecule has 0 aromatic carbocycles. The van der Waals surface area contributed by atoms with Gasteiger partial charge in [-0.1, -0.05) is 84.0 Å². The Morgan fingerprint density at radius 2 is 1.21 bits per heavy atom. The van der Waals surface area contributed by atoms with Crippen LogP contribution in [0.25, 0.3) is 0 Å². The predicted molar refractivity (Wildman–Crippen MR) is 121 cm³/mol. The van der Waals surface area contributed by atoms with Crippen LogP contribution in [0.4, 0.5) is 0 Å². The van der Waals surface area contributed by atoms with Crippen molar-refractivity contribution in [1.29, 1.82) is 0 Å². The van der Waals surface area contributed by atoms with Crippen LogP contribution in [0, 0.1) is 0 Å². The number of amides is 1. The van der Waals surface area contributed by atoms with Gasteiger partial charge in [0.25, 0.3) is 0 Å². The summed E-state index contributed by atoms with van der Waals surface area (Å²) in [5.74, 6) is 0.369. The van der Waals surface area contributed by atoms with Crippen molar-refractivity contribution in [3.8, 4) is 0 Å². The van der Waals surface area contributed by atoms with Gasteiger partial charge in [0.05, 0.1) is 6.04 Å². The van der Waals surface area contributed by atoms with Crippen molar-refractivity contribution in [3.63, 3.8) is 0 Å². The lowest BCUT2D eigenvalue weighted by atomic mass is 10.0. The van der Waals surface area contributed by atoms with Crippen molar-refractivity contribution in [3.05, 3.63) is 0 Å². The third-order valence-electron chi connectivity index (χ3n) is 5.59. The van der Waals surface area contributed by atoms with Gasteiger partial charge in [-0.2, -0.15) is 0 Å². The molecular weight excluding hydrogens is 348 g/mol. The Labute approximate surface area is 175 Å². The van der Waals surface area contributed by atoms with Gasteiger partial charge < -0.3 is 10.6 Å². The minimum Gasteiger partial charge on any atom is -0.356 e. The standard InChI is InChI=1S/C24H48N2O2/c1-4-5-6-7-8-9-10-11-12-13-14-15-16-20-24(28)26-21-18-17-19-23(25-3)22(2)27/h23,25H,4-21H2,1-3H3,(H,26,28)/t23-/m0/s1. The summed E-state index contributed by atoms with van der Waals surface area (Å²) in [5.41, 5.74) is 0. The van der Waals surface area contributed by atoms with Crippen molar-refractivity contribution >= 4 is 11.7 Å². The number of rotatable bonds is 21. The minimum absolute atomic E-state index is 0.0403. The molecule has 166 valence electrons. The number of carbonyl (C=O) groups is 2. The van der Waals surface area contributed by atoms with E-state index in [0.29, 0.717) is 6.42 Å². The molecule has 0 radical (unpaired) electrons. The van der Waals surface area contributed by atoms with E-state index in [1.165, 1.54) is 77.0 Å². The van der Waals surface area contributed by atoms with Gasteiger partial charge in [-0.05, 0) is 39.7 Å². The van der Waals surface area contributed by atoms with Crippen LogP contribution >= 0.6 is 0 Å². The van der Waals surface area contributed by atoms with Gasteiger partial charge in [-0.25, -0.2) is 0 Å². The van der Waals surface area contributed by atoms with E-state index in [9.17, 15) is 9.59 Å². The van der Waals surface area contributed by atoms with Crippen molar-refractivity contribution in [2.75, 3.05) is 13.6 Å². The second-order valence-electron chi connectivity index (χ2n) is 8.29. The molecule has 0 heterocycles. The highest BCUT2D eigenvalue weighted by Crippen LogP contribution is 2.13. The fourth-order valence-electron chi connectivity index (χ4n) is 3.64. The number of carbonyl (C=O) groups excluding carboxylic acids is 2. The molecule has 0 aliphatic rings. The maximum absolute atomic E-state index is 11.8. The average Bonchev–Trinajstić information content (AvgIpc) is 2.68. The van der Waals surface area contributed by atoms with Crippen molar-refractivity contribution in [1.82, 2.24) is 10.6 Å². The van der Waals surface area contributed by atoms with Crippen LogP contribution in [-0.2, 0) is 9.59 Å². The highest BCUT2D eigenvalue weighted by atomic mass is 16.1. The molecule has 0 rings (SSSR count). The maximum atomic E-state index is 11.8. The number of nitrogens with one attached hydrogen (secondary N) is 2. The Bertz CT molecular complexity index is 372. The second kappa shape index (κ2) is 20.8. The van der Waals surface area contributed by atoms with Crippen LogP contribution in [0.15, 0.2) is 0 Å². The van der Waals surface area contributed by atoms with E-state index in [0.717, 1.165) is 32.2 Å². The number of hydrogen-bond acceptors (Lipinski definition) is 3. The number of likely N-dealkylation sites (N-methyl/N-ethyl adjacent to an activating group) is 1. The van der Waals surface area contributed by atoms with E-state index in [2.05, 4.69) is 17.6 Å². The zero-order valence-corrected chi connectivity index (χ0v) is 19.1. The van der Waals surface area contributed by atoms with Crippen LogP contribution in [0.1, 0.15) is 123 Å². The SMILES string of the molecule is CCCCCCCCCCCCCCCC(=O)NCCCC[C@H](NC)C(C)=O. The van der Waals surface area contributed by atoms with Gasteiger partial charge in [0.15, 0.2) is 0 Å². The van der Waals surface area contributed by atoms with Gasteiger partial charge in [-0.3, -0.25) is 9.59 Å². The highest BCUT2D eigenvalue weighted by molar-refractivity contribution is 5.81. The van der Waals surface area contributed by atoms with E-state index in [1.54, 1.807) is 6.92 Å². The summed E-state index contributed by atoms with van der Waals surface area (Å²) in [5, 5.41) is 6.03. The summed E-state index contributed by atoms with van der Waals surface area (Å²) in [4.78, 5) is 23.1. The lowest BCUT2D eigenvalue weighted by Crippen LogP contribution is -2.32. The molecule has 0 aromatic heterocycles. The average molecular weight is 397 g/mol. The number of Topliss-reactive ketones (excluding diaryl/α,β-unsaturated/α-hetero) is 1. The Kier molecular flexibility index (Phi) is 20.2. The van der Waals surface area contributed by atoms with Crippen LogP contribution < -0.4 is 10.6 Å². The van der Waals surface area contributed by atoms with E-state index < -0.39 is 0 Å². The molecule has 0 aromatic rings. The first-order valence-electron chi connectivity index (χ1n) is 12.1. The number of unbranched alkanes of at least 4 members (excludes halogenated alkanes) is 13. The normalized spacial score (nSPS) is 12.1. The first-order chi connectivity index (χ1) is 13.6. The first kappa shape index (κ1) is 27.1. The van der Waals surface area contributed by atoms with E-state index in [4.69, 9.17) is 0 Å². The largest absolute Gasteiger partial charge is 0.356 e. The zero-order valence-electron chi connectivity index (χ0n) is 19.1. The molecule has 0 bridgehead atoms. The van der Waals surface area contributed by atoms with E-state index in [1.807, 2.05) is 7.05 Å². The summed E-state index contributed by atoms with van der Waals surface area (Å²) in [6, 6.07) is -0.0403. The molecule has 0 unspecified atom stereocenters. The lowest BCUT2D eigenvalue weighted by Gasteiger charge is -2.12. The van der Waals surface area contributed by atoms with Crippen LogP contribution in [0.5, 0.6) is 0 Å². The molecule has 0 fully saturated rings. The van der Waals surface area contributed by atoms with E-state index in [-0.39, 0.29) is 17.7 Å². The van der Waals surface area contributed by atoms with Crippen LogP contribution in [-0.4, -0.2) is 31.3 Å². The van der Waals surface area contributed by atoms with Crippen molar-refractivity contribution in [2.45, 2.75) is 129 Å². The first-order valence-corrected chi connectivity index (χ1v) is 12.1. The lowest BCUT2D eigenvalue weighted by molar-refractivity contribution is -0.121. The summed E-state index contributed by atoms with van der Waals surface area (Å²) < 4.78 is 0. The molecule has 4 heteroatoms. The molecule has 4 nitrogen and oxygen atoms in total. The quantitative estimate of drug-likeness (QED) is 0.236. The Hall–Kier alpha value is -0.900. The molecule has 28 heavy (non-hydrogen) atoms. The monoisotopic (exact) mass is 396 g/mol. The molecule has 0 aliphatic heterocycles. The zero-order chi connectivity index (χ0) is 20.9. The fraction of sp³-hybridized carbons (Fsp3) is 0.917. The van der Waals surface area contributed by atoms with Crippen LogP contribution in [0.2, 0.25) is 0 Å². The Morgan fingerprint density at radius 3 is 1.68 bits per heavy atom. The molecule has 0 saturated heterocycles. The molecule has 1 atom stereocenters. The summed E-state index contributed by atoms with van der Waals surface area (Å²) in [6.07, 6.45) is 20.7. The fourth-order valence-corrected chi connectivity index (χ4v) is 3.64. The molecule has 0 saturated carbocycles. The van der Waals surface area contributed by atoms with Gasteiger partial charge in [0, 0.05) is 13.0 Å². The molecular formula is C24H48N2O2. The minimum atomic E-state index is -0.0403. The number of ketones is 1. The molecule has 0 aliphatic carbocycles. The highest BCUT2D eigenvalue weighted by Gasteiger charge is 2.10. The predicted octanol–water partition coefficient (Wildman–Crippen LogP) is 5.93. The van der Waals surface area contributed by atoms with Crippen molar-refractivity contribution in [2.24, 2.45) is 0 Å². The van der Waals surface area contributed by atoms with E-state index >= 15 is 0 Å². The maximum Gasteiger partial charge on any atom is 0.219 e. The second-order valence-corrected chi connectivity index (χ2v) is 8.29. The topological polar surface area (TPSA) is 58.2 Å². The Morgan fingerprint density at radius 1 is 0.714 bits per heavy atom. The molecule has 2 N–H and O–H groups in total. The molecule has 1 amide bonds. The summed E-state index contributed by atoms with van der Waals surface area (Å²) in [7, 11) is 1.82. The van der Waals surface area contributed by atoms with Gasteiger partial charge in [-0.15, -0.1) is 0 Å². The van der Waals surface area contributed by atoms with Crippen molar-refractivity contribution < 1.29 is 9.59 Å². The van der Waals surface area contributed by atoms with Crippen LogP contribution in [0.3, 0.4) is 0 Å². The summed E-state index contributed by atoms with van der Waals surface area (Å²) >= 11 is 0. The molecule has 0 spiro atoms. The smallest absolute Gasteiger partial charge is 0.219 e.